The van der Waals surface area contributed by atoms with Crippen molar-refractivity contribution >= 4 is 19.5 Å². The summed E-state index contributed by atoms with van der Waals surface area (Å²) in [6.45, 7) is 3.56. The summed E-state index contributed by atoms with van der Waals surface area (Å²) in [6, 6.07) is 15.9. The molecule has 0 aliphatic carbocycles. The first-order valence-electron chi connectivity index (χ1n) is 8.22. The number of ether oxygens (including phenoxy) is 1. The Morgan fingerprint density at radius 3 is 2.57 bits per heavy atom. The van der Waals surface area contributed by atoms with E-state index in [1.165, 1.54) is 24.8 Å². The predicted molar refractivity (Wildman–Crippen MR) is 97.1 cm³/mol. The molecule has 1 N–H and O–H groups in total. The molecular formula is C19H24NO2P. The molecule has 2 aromatic rings. The van der Waals surface area contributed by atoms with Gasteiger partial charge in [-0.15, -0.1) is 0 Å². The van der Waals surface area contributed by atoms with Gasteiger partial charge in [0.2, 0.25) is 0 Å². The molecule has 0 saturated heterocycles. The maximum absolute atomic E-state index is 11.6. The minimum Gasteiger partial charge on any atom is -0.492 e. The molecular weight excluding hydrogens is 305 g/mol. The summed E-state index contributed by atoms with van der Waals surface area (Å²) in [5.74, 6) is 0.705. The Hall–Kier alpha value is -1.86. The fraction of sp³-hybridized carbons (Fsp3) is 0.368. The van der Waals surface area contributed by atoms with Crippen molar-refractivity contribution in [3.8, 4) is 5.75 Å². The molecule has 0 spiro atoms. The summed E-state index contributed by atoms with van der Waals surface area (Å²) >= 11 is 0. The molecule has 0 radical (unpaired) electrons. The zero-order chi connectivity index (χ0) is 16.3. The Morgan fingerprint density at radius 2 is 1.83 bits per heavy atom. The predicted octanol–water partition coefficient (Wildman–Crippen LogP) is 5.17. The first kappa shape index (κ1) is 17.5. The molecule has 0 aliphatic heterocycles. The van der Waals surface area contributed by atoms with Crippen molar-refractivity contribution in [1.82, 2.24) is 0 Å². The van der Waals surface area contributed by atoms with E-state index < -0.39 is 0 Å². The van der Waals surface area contributed by atoms with Crippen LogP contribution in [0.3, 0.4) is 0 Å². The lowest BCUT2D eigenvalue weighted by atomic mass is 10.2. The maximum atomic E-state index is 11.6. The van der Waals surface area contributed by atoms with Crippen molar-refractivity contribution in [1.29, 1.82) is 0 Å². The van der Waals surface area contributed by atoms with Gasteiger partial charge < -0.3 is 10.1 Å². The van der Waals surface area contributed by atoms with Gasteiger partial charge in [0.25, 0.3) is 0 Å². The van der Waals surface area contributed by atoms with Gasteiger partial charge in [-0.2, -0.15) is 0 Å². The zero-order valence-corrected chi connectivity index (χ0v) is 14.5. The van der Waals surface area contributed by atoms with Crippen LogP contribution in [0.15, 0.2) is 48.5 Å². The molecule has 4 heteroatoms. The smallest absolute Gasteiger partial charge is 0.198 e. The van der Waals surface area contributed by atoms with Crippen LogP contribution >= 0.6 is 8.46 Å². The van der Waals surface area contributed by atoms with E-state index in [-0.39, 0.29) is 8.46 Å². The number of nitrogens with one attached hydrogen (secondary N) is 1. The van der Waals surface area contributed by atoms with E-state index in [0.29, 0.717) is 24.2 Å². The molecule has 2 rings (SSSR count). The fourth-order valence-electron chi connectivity index (χ4n) is 2.38. The van der Waals surface area contributed by atoms with E-state index in [2.05, 4.69) is 24.4 Å². The molecule has 23 heavy (non-hydrogen) atoms. The average molecular weight is 329 g/mol. The SMILES string of the molecule is CCCCCCOc1cccc(NCc2ccccc2)c1P=O. The van der Waals surface area contributed by atoms with E-state index in [9.17, 15) is 4.57 Å². The topological polar surface area (TPSA) is 38.3 Å². The lowest BCUT2D eigenvalue weighted by Crippen LogP contribution is -2.11. The van der Waals surface area contributed by atoms with Gasteiger partial charge in [0.1, 0.15) is 11.1 Å². The van der Waals surface area contributed by atoms with Crippen molar-refractivity contribution in [3.05, 3.63) is 54.1 Å². The van der Waals surface area contributed by atoms with Crippen molar-refractivity contribution in [2.45, 2.75) is 39.2 Å². The molecule has 0 unspecified atom stereocenters. The van der Waals surface area contributed by atoms with E-state index in [0.717, 1.165) is 12.1 Å². The van der Waals surface area contributed by atoms with Gasteiger partial charge >= 0.3 is 0 Å². The fourth-order valence-corrected chi connectivity index (χ4v) is 2.86. The van der Waals surface area contributed by atoms with E-state index in [4.69, 9.17) is 4.74 Å². The van der Waals surface area contributed by atoms with Crippen LogP contribution in [0.5, 0.6) is 5.75 Å². The van der Waals surface area contributed by atoms with Crippen molar-refractivity contribution in [2.75, 3.05) is 11.9 Å². The standard InChI is InChI=1S/C19H24NO2P/c1-2-3-4-8-14-22-18-13-9-12-17(19(18)23-21)20-15-16-10-6-5-7-11-16/h5-7,9-13,20H,2-4,8,14-15H2,1H3. The number of benzene rings is 2. The third kappa shape index (κ3) is 5.69. The summed E-state index contributed by atoms with van der Waals surface area (Å²) in [4.78, 5) is 0. The van der Waals surface area contributed by atoms with Gasteiger partial charge in [-0.25, -0.2) is 0 Å². The molecule has 0 aromatic heterocycles. The molecule has 0 aliphatic rings. The molecule has 0 amide bonds. The minimum absolute atomic E-state index is 0.0210. The number of hydrogen-bond acceptors (Lipinski definition) is 3. The van der Waals surface area contributed by atoms with Crippen LogP contribution in [0.2, 0.25) is 0 Å². The Kier molecular flexibility index (Phi) is 7.62. The van der Waals surface area contributed by atoms with Gasteiger partial charge in [0, 0.05) is 6.54 Å². The lowest BCUT2D eigenvalue weighted by Gasteiger charge is -2.13. The van der Waals surface area contributed by atoms with Gasteiger partial charge in [0.15, 0.2) is 8.46 Å². The minimum atomic E-state index is -0.0210. The Bertz CT molecular complexity index is 602. The number of unbranched alkanes of at least 4 members (excludes halogenated alkanes) is 3. The summed E-state index contributed by atoms with van der Waals surface area (Å²) in [6.07, 6.45) is 4.65. The highest BCUT2D eigenvalue weighted by molar-refractivity contribution is 7.35. The molecule has 2 aromatic carbocycles. The van der Waals surface area contributed by atoms with Gasteiger partial charge in [-0.3, -0.25) is 4.57 Å². The lowest BCUT2D eigenvalue weighted by molar-refractivity contribution is 0.307. The molecule has 0 bridgehead atoms. The average Bonchev–Trinajstić information content (AvgIpc) is 2.60. The van der Waals surface area contributed by atoms with E-state index in [1.807, 2.05) is 36.4 Å². The van der Waals surface area contributed by atoms with Gasteiger partial charge in [-0.1, -0.05) is 62.6 Å². The van der Waals surface area contributed by atoms with Gasteiger partial charge in [0.05, 0.1) is 12.3 Å². The zero-order valence-electron chi connectivity index (χ0n) is 13.6. The summed E-state index contributed by atoms with van der Waals surface area (Å²) in [5.41, 5.74) is 2.04. The van der Waals surface area contributed by atoms with Crippen LogP contribution in [0.25, 0.3) is 0 Å². The quantitative estimate of drug-likeness (QED) is 0.482. The Balaban J connectivity index is 1.97. The first-order valence-corrected chi connectivity index (χ1v) is 9.03. The second kappa shape index (κ2) is 10.0. The molecule has 0 fully saturated rings. The Labute approximate surface area is 140 Å². The molecule has 3 nitrogen and oxygen atoms in total. The largest absolute Gasteiger partial charge is 0.492 e. The number of hydrogen-bond donors (Lipinski definition) is 1. The molecule has 0 atom stereocenters. The highest BCUT2D eigenvalue weighted by Gasteiger charge is 2.09. The second-order valence-electron chi connectivity index (χ2n) is 5.49. The third-order valence-electron chi connectivity index (χ3n) is 3.67. The third-order valence-corrected chi connectivity index (χ3v) is 4.32. The highest BCUT2D eigenvalue weighted by Crippen LogP contribution is 2.21. The monoisotopic (exact) mass is 329 g/mol. The molecule has 122 valence electrons. The summed E-state index contributed by atoms with van der Waals surface area (Å²) in [7, 11) is -0.0210. The number of rotatable bonds is 10. The van der Waals surface area contributed by atoms with E-state index >= 15 is 0 Å². The van der Waals surface area contributed by atoms with Crippen LogP contribution < -0.4 is 15.4 Å². The summed E-state index contributed by atoms with van der Waals surface area (Å²) < 4.78 is 17.4. The van der Waals surface area contributed by atoms with Gasteiger partial charge in [-0.05, 0) is 24.1 Å². The van der Waals surface area contributed by atoms with Crippen LogP contribution in [0.1, 0.15) is 38.2 Å². The highest BCUT2D eigenvalue weighted by atomic mass is 31.1. The number of anilines is 1. The van der Waals surface area contributed by atoms with Crippen LogP contribution in [-0.4, -0.2) is 6.61 Å². The first-order chi connectivity index (χ1) is 11.3. The van der Waals surface area contributed by atoms with Crippen molar-refractivity contribution in [2.24, 2.45) is 0 Å². The van der Waals surface area contributed by atoms with Crippen LogP contribution in [-0.2, 0) is 11.1 Å². The van der Waals surface area contributed by atoms with Crippen molar-refractivity contribution < 1.29 is 9.30 Å². The van der Waals surface area contributed by atoms with Crippen LogP contribution in [0.4, 0.5) is 5.69 Å². The second-order valence-corrected chi connectivity index (χ2v) is 6.12. The Morgan fingerprint density at radius 1 is 1.00 bits per heavy atom. The summed E-state index contributed by atoms with van der Waals surface area (Å²) in [5, 5.41) is 4.04. The molecule has 0 saturated carbocycles. The van der Waals surface area contributed by atoms with Crippen molar-refractivity contribution in [3.63, 3.8) is 0 Å². The van der Waals surface area contributed by atoms with E-state index in [1.54, 1.807) is 0 Å². The maximum Gasteiger partial charge on any atom is 0.198 e. The normalized spacial score (nSPS) is 10.7. The molecule has 0 heterocycles. The van der Waals surface area contributed by atoms with Crippen LogP contribution in [0, 0.1) is 0 Å².